The summed E-state index contributed by atoms with van der Waals surface area (Å²) in [4.78, 5) is 34.1. The van der Waals surface area contributed by atoms with Crippen LogP contribution < -0.4 is 10.9 Å². The second kappa shape index (κ2) is 7.32. The molecule has 1 amide bonds. The van der Waals surface area contributed by atoms with Crippen molar-refractivity contribution in [3.8, 4) is 11.4 Å². The zero-order chi connectivity index (χ0) is 19.5. The van der Waals surface area contributed by atoms with Crippen LogP contribution in [-0.4, -0.2) is 25.5 Å². The Morgan fingerprint density at radius 1 is 1.00 bits per heavy atom. The molecule has 0 saturated heterocycles. The summed E-state index contributed by atoms with van der Waals surface area (Å²) in [5.41, 5.74) is 0.704. The minimum atomic E-state index is -0.658. The van der Waals surface area contributed by atoms with E-state index < -0.39 is 11.5 Å². The first-order valence-corrected chi connectivity index (χ1v) is 8.62. The predicted molar refractivity (Wildman–Crippen MR) is 104 cm³/mol. The minimum absolute atomic E-state index is 0.205. The maximum atomic E-state index is 13.1. The highest BCUT2D eigenvalue weighted by molar-refractivity contribution is 6.02. The molecular formula is C21H16N4O3. The number of carbonyl (C=O) groups is 1. The van der Waals surface area contributed by atoms with Gasteiger partial charge in [-0.1, -0.05) is 18.2 Å². The first kappa shape index (κ1) is 17.4. The minimum Gasteiger partial charge on any atom is -0.506 e. The fraction of sp³-hybridized carbons (Fsp3) is 0.0476. The van der Waals surface area contributed by atoms with Crippen molar-refractivity contribution in [1.29, 1.82) is 0 Å². The standard InChI is InChI=1S/C21H16N4O3/c26-18-16-7-4-10-23-19(16)25(15-5-2-1-3-6-15)21(28)17(18)20(27)24-13-14-8-11-22-12-9-14/h1-12,26H,13H2,(H,24,27). The van der Waals surface area contributed by atoms with Crippen LogP contribution in [-0.2, 0) is 6.54 Å². The number of hydrogen-bond donors (Lipinski definition) is 2. The molecule has 2 N–H and O–H groups in total. The number of para-hydroxylation sites is 1. The summed E-state index contributed by atoms with van der Waals surface area (Å²) < 4.78 is 1.33. The van der Waals surface area contributed by atoms with Crippen molar-refractivity contribution < 1.29 is 9.90 Å². The molecule has 0 saturated carbocycles. The van der Waals surface area contributed by atoms with Crippen molar-refractivity contribution in [3.05, 3.63) is 94.7 Å². The molecule has 0 radical (unpaired) electrons. The summed E-state index contributed by atoms with van der Waals surface area (Å²) in [5.74, 6) is -1.04. The van der Waals surface area contributed by atoms with Gasteiger partial charge in [0, 0.05) is 25.1 Å². The number of rotatable bonds is 4. The van der Waals surface area contributed by atoms with Crippen LogP contribution in [0.5, 0.6) is 5.75 Å². The fourth-order valence-corrected chi connectivity index (χ4v) is 3.00. The van der Waals surface area contributed by atoms with E-state index in [9.17, 15) is 14.7 Å². The number of aromatic nitrogens is 3. The lowest BCUT2D eigenvalue weighted by Gasteiger charge is -2.14. The van der Waals surface area contributed by atoms with Gasteiger partial charge in [-0.05, 0) is 42.0 Å². The maximum Gasteiger partial charge on any atom is 0.273 e. The molecule has 0 fully saturated rings. The van der Waals surface area contributed by atoms with E-state index in [0.717, 1.165) is 5.56 Å². The average molecular weight is 372 g/mol. The van der Waals surface area contributed by atoms with E-state index >= 15 is 0 Å². The first-order chi connectivity index (χ1) is 13.7. The molecule has 0 spiro atoms. The normalized spacial score (nSPS) is 10.7. The fourth-order valence-electron chi connectivity index (χ4n) is 3.00. The molecule has 0 aliphatic heterocycles. The van der Waals surface area contributed by atoms with Gasteiger partial charge in [0.2, 0.25) is 0 Å². The van der Waals surface area contributed by atoms with E-state index in [1.807, 2.05) is 6.07 Å². The van der Waals surface area contributed by atoms with Crippen molar-refractivity contribution >= 4 is 16.9 Å². The summed E-state index contributed by atoms with van der Waals surface area (Å²) in [6.45, 7) is 0.205. The Morgan fingerprint density at radius 3 is 2.50 bits per heavy atom. The number of fused-ring (bicyclic) bond motifs is 1. The lowest BCUT2D eigenvalue weighted by atomic mass is 10.1. The summed E-state index contributed by atoms with van der Waals surface area (Å²) in [5, 5.41) is 13.6. The third-order valence-corrected chi connectivity index (χ3v) is 4.35. The van der Waals surface area contributed by atoms with Gasteiger partial charge in [0.15, 0.2) is 5.65 Å². The SMILES string of the molecule is O=C(NCc1ccncc1)c1c(O)c2cccnc2n(-c2ccccc2)c1=O. The van der Waals surface area contributed by atoms with Crippen LogP contribution in [0.1, 0.15) is 15.9 Å². The van der Waals surface area contributed by atoms with Gasteiger partial charge in [-0.25, -0.2) is 4.98 Å². The average Bonchev–Trinajstić information content (AvgIpc) is 2.74. The number of carbonyl (C=O) groups excluding carboxylic acids is 1. The van der Waals surface area contributed by atoms with E-state index in [4.69, 9.17) is 0 Å². The van der Waals surface area contributed by atoms with E-state index in [1.165, 1.54) is 10.8 Å². The topological polar surface area (TPSA) is 97.1 Å². The van der Waals surface area contributed by atoms with Crippen molar-refractivity contribution in [2.45, 2.75) is 6.54 Å². The molecule has 4 aromatic rings. The van der Waals surface area contributed by atoms with Gasteiger partial charge in [-0.3, -0.25) is 19.1 Å². The van der Waals surface area contributed by atoms with Gasteiger partial charge >= 0.3 is 0 Å². The molecule has 0 aliphatic carbocycles. The smallest absolute Gasteiger partial charge is 0.273 e. The predicted octanol–water partition coefficient (Wildman–Crippen LogP) is 2.42. The lowest BCUT2D eigenvalue weighted by Crippen LogP contribution is -2.33. The number of amides is 1. The molecule has 4 rings (SSSR count). The van der Waals surface area contributed by atoms with Crippen molar-refractivity contribution in [2.75, 3.05) is 0 Å². The van der Waals surface area contributed by atoms with Gasteiger partial charge in [0.05, 0.1) is 11.1 Å². The highest BCUT2D eigenvalue weighted by atomic mass is 16.3. The molecule has 1 aromatic carbocycles. The van der Waals surface area contributed by atoms with E-state index in [0.29, 0.717) is 11.1 Å². The monoisotopic (exact) mass is 372 g/mol. The first-order valence-electron chi connectivity index (χ1n) is 8.62. The molecule has 7 heteroatoms. The third-order valence-electron chi connectivity index (χ3n) is 4.35. The molecule has 0 bridgehead atoms. The van der Waals surface area contributed by atoms with Crippen LogP contribution in [0.25, 0.3) is 16.7 Å². The number of benzene rings is 1. The highest BCUT2D eigenvalue weighted by Crippen LogP contribution is 2.26. The van der Waals surface area contributed by atoms with Crippen molar-refractivity contribution in [1.82, 2.24) is 19.9 Å². The summed E-state index contributed by atoms with van der Waals surface area (Å²) in [6.07, 6.45) is 4.76. The zero-order valence-electron chi connectivity index (χ0n) is 14.7. The Bertz CT molecular complexity index is 1200. The number of nitrogens with zero attached hydrogens (tertiary/aromatic N) is 3. The van der Waals surface area contributed by atoms with Crippen LogP contribution in [0, 0.1) is 0 Å². The number of pyridine rings is 3. The Hall–Kier alpha value is -4.00. The maximum absolute atomic E-state index is 13.1. The second-order valence-electron chi connectivity index (χ2n) is 6.11. The molecule has 0 unspecified atom stereocenters. The molecular weight excluding hydrogens is 356 g/mol. The summed E-state index contributed by atoms with van der Waals surface area (Å²) >= 11 is 0. The summed E-state index contributed by atoms with van der Waals surface area (Å²) in [6, 6.07) is 15.7. The van der Waals surface area contributed by atoms with Crippen LogP contribution in [0.3, 0.4) is 0 Å². The van der Waals surface area contributed by atoms with Gasteiger partial charge in [0.1, 0.15) is 11.3 Å². The van der Waals surface area contributed by atoms with Gasteiger partial charge in [-0.15, -0.1) is 0 Å². The third kappa shape index (κ3) is 3.09. The molecule has 3 aromatic heterocycles. The van der Waals surface area contributed by atoms with Crippen LogP contribution >= 0.6 is 0 Å². The van der Waals surface area contributed by atoms with E-state index in [2.05, 4.69) is 15.3 Å². The number of hydrogen-bond acceptors (Lipinski definition) is 5. The van der Waals surface area contributed by atoms with Gasteiger partial charge in [-0.2, -0.15) is 0 Å². The molecule has 0 aliphatic rings. The number of nitrogens with one attached hydrogen (secondary N) is 1. The Labute approximate surface area is 159 Å². The Morgan fingerprint density at radius 2 is 1.75 bits per heavy atom. The van der Waals surface area contributed by atoms with E-state index in [1.54, 1.807) is 60.9 Å². The molecule has 3 heterocycles. The number of aromatic hydroxyl groups is 1. The van der Waals surface area contributed by atoms with E-state index in [-0.39, 0.29) is 23.5 Å². The highest BCUT2D eigenvalue weighted by Gasteiger charge is 2.23. The Kier molecular flexibility index (Phi) is 4.55. The molecule has 7 nitrogen and oxygen atoms in total. The molecule has 0 atom stereocenters. The van der Waals surface area contributed by atoms with Gasteiger partial charge < -0.3 is 10.4 Å². The quantitative estimate of drug-likeness (QED) is 0.573. The zero-order valence-corrected chi connectivity index (χ0v) is 14.7. The van der Waals surface area contributed by atoms with Crippen LogP contribution in [0.2, 0.25) is 0 Å². The van der Waals surface area contributed by atoms with Crippen LogP contribution in [0.15, 0.2) is 78.0 Å². The molecule has 28 heavy (non-hydrogen) atoms. The summed E-state index contributed by atoms with van der Waals surface area (Å²) in [7, 11) is 0. The second-order valence-corrected chi connectivity index (χ2v) is 6.11. The van der Waals surface area contributed by atoms with Gasteiger partial charge in [0.25, 0.3) is 11.5 Å². The lowest BCUT2D eigenvalue weighted by molar-refractivity contribution is 0.0946. The van der Waals surface area contributed by atoms with Crippen molar-refractivity contribution in [2.24, 2.45) is 0 Å². The Balaban J connectivity index is 1.85. The van der Waals surface area contributed by atoms with Crippen molar-refractivity contribution in [3.63, 3.8) is 0 Å². The largest absolute Gasteiger partial charge is 0.506 e. The molecule has 138 valence electrons. The van der Waals surface area contributed by atoms with Crippen LogP contribution in [0.4, 0.5) is 0 Å².